The number of rotatable bonds is 4. The Labute approximate surface area is 167 Å². The Bertz CT molecular complexity index is 1120. The molecule has 0 fully saturated rings. The quantitative estimate of drug-likeness (QED) is 0.487. The minimum Gasteiger partial charge on any atom is -0.298 e. The first-order valence-corrected chi connectivity index (χ1v) is 9.79. The smallest absolute Gasteiger partial charge is 0.257 e. The van der Waals surface area contributed by atoms with E-state index in [9.17, 15) is 4.79 Å². The van der Waals surface area contributed by atoms with Crippen molar-refractivity contribution in [1.29, 1.82) is 0 Å². The van der Waals surface area contributed by atoms with Gasteiger partial charge in [-0.25, -0.2) is 4.98 Å². The second kappa shape index (κ2) is 7.74. The monoisotopic (exact) mass is 385 g/mol. The highest BCUT2D eigenvalue weighted by Crippen LogP contribution is 2.39. The number of hydrogen-bond donors (Lipinski definition) is 1. The Balaban J connectivity index is 1.76. The van der Waals surface area contributed by atoms with Crippen molar-refractivity contribution in [3.8, 4) is 21.7 Å². The lowest BCUT2D eigenvalue weighted by Gasteiger charge is -2.05. The van der Waals surface area contributed by atoms with Crippen molar-refractivity contribution in [2.24, 2.45) is 0 Å². The highest BCUT2D eigenvalue weighted by Gasteiger charge is 2.17. The van der Waals surface area contributed by atoms with Gasteiger partial charge in [0.2, 0.25) is 0 Å². The second-order valence-electron chi connectivity index (χ2n) is 6.55. The predicted octanol–water partition coefficient (Wildman–Crippen LogP) is 5.74. The molecule has 0 aliphatic heterocycles. The van der Waals surface area contributed by atoms with E-state index in [1.165, 1.54) is 22.5 Å². The Kier molecular flexibility index (Phi) is 5.00. The first-order valence-electron chi connectivity index (χ1n) is 8.97. The molecule has 2 aromatic carbocycles. The summed E-state index contributed by atoms with van der Waals surface area (Å²) in [6.45, 7) is 4.21. The van der Waals surface area contributed by atoms with E-state index in [1.807, 2.05) is 30.3 Å². The van der Waals surface area contributed by atoms with Crippen LogP contribution in [-0.4, -0.2) is 15.9 Å². The van der Waals surface area contributed by atoms with Crippen LogP contribution in [0.25, 0.3) is 21.7 Å². The highest BCUT2D eigenvalue weighted by atomic mass is 32.1. The van der Waals surface area contributed by atoms with Gasteiger partial charge in [0, 0.05) is 23.5 Å². The van der Waals surface area contributed by atoms with Gasteiger partial charge in [0.15, 0.2) is 5.13 Å². The zero-order valence-corrected chi connectivity index (χ0v) is 16.5. The number of aromatic nitrogens is 2. The van der Waals surface area contributed by atoms with Crippen molar-refractivity contribution in [1.82, 2.24) is 9.97 Å². The molecule has 4 nitrogen and oxygen atoms in total. The summed E-state index contributed by atoms with van der Waals surface area (Å²) in [5.41, 5.74) is 6.03. The Hall–Kier alpha value is -3.31. The predicted molar refractivity (Wildman–Crippen MR) is 115 cm³/mol. The Morgan fingerprint density at radius 2 is 1.64 bits per heavy atom. The van der Waals surface area contributed by atoms with E-state index in [2.05, 4.69) is 42.3 Å². The first kappa shape index (κ1) is 18.1. The van der Waals surface area contributed by atoms with Crippen molar-refractivity contribution >= 4 is 22.4 Å². The third-order valence-corrected chi connectivity index (χ3v) is 5.63. The molecule has 4 aromatic rings. The molecule has 0 saturated carbocycles. The average molecular weight is 385 g/mol. The number of benzene rings is 2. The van der Waals surface area contributed by atoms with E-state index in [0.717, 1.165) is 21.7 Å². The molecule has 138 valence electrons. The van der Waals surface area contributed by atoms with Gasteiger partial charge < -0.3 is 0 Å². The number of carbonyl (C=O) groups excluding carboxylic acids is 1. The molecule has 1 amide bonds. The maximum atomic E-state index is 12.5. The molecule has 0 aliphatic rings. The lowest BCUT2D eigenvalue weighted by atomic mass is 10.0. The van der Waals surface area contributed by atoms with Crippen LogP contribution in [0, 0.1) is 13.8 Å². The molecule has 2 heterocycles. The van der Waals surface area contributed by atoms with Gasteiger partial charge in [-0.2, -0.15) is 0 Å². The number of thiazole rings is 1. The molecule has 0 unspecified atom stereocenters. The zero-order chi connectivity index (χ0) is 19.5. The number of hydrogen-bond acceptors (Lipinski definition) is 4. The average Bonchev–Trinajstić information content (AvgIpc) is 3.15. The van der Waals surface area contributed by atoms with Crippen LogP contribution in [-0.2, 0) is 0 Å². The SMILES string of the molecule is Cc1ccc(-c2sc(NC(=O)c3ccncc3)nc2-c2ccccc2)cc1C. The largest absolute Gasteiger partial charge is 0.298 e. The molecule has 28 heavy (non-hydrogen) atoms. The van der Waals surface area contributed by atoms with Crippen molar-refractivity contribution in [3.63, 3.8) is 0 Å². The number of aryl methyl sites for hydroxylation is 2. The molecule has 1 N–H and O–H groups in total. The molecule has 0 radical (unpaired) electrons. The lowest BCUT2D eigenvalue weighted by Crippen LogP contribution is -2.11. The van der Waals surface area contributed by atoms with E-state index >= 15 is 0 Å². The summed E-state index contributed by atoms with van der Waals surface area (Å²) in [5, 5.41) is 3.50. The summed E-state index contributed by atoms with van der Waals surface area (Å²) < 4.78 is 0. The van der Waals surface area contributed by atoms with Crippen molar-refractivity contribution in [3.05, 3.63) is 89.7 Å². The highest BCUT2D eigenvalue weighted by molar-refractivity contribution is 7.19. The molecule has 0 aliphatic carbocycles. The normalized spacial score (nSPS) is 10.6. The molecular weight excluding hydrogens is 366 g/mol. The number of carbonyl (C=O) groups is 1. The summed E-state index contributed by atoms with van der Waals surface area (Å²) in [5.74, 6) is -0.192. The molecule has 4 rings (SSSR count). The molecule has 5 heteroatoms. The summed E-state index contributed by atoms with van der Waals surface area (Å²) in [6, 6.07) is 19.8. The zero-order valence-electron chi connectivity index (χ0n) is 15.6. The third-order valence-electron chi connectivity index (χ3n) is 4.61. The summed E-state index contributed by atoms with van der Waals surface area (Å²) in [6.07, 6.45) is 3.21. The maximum absolute atomic E-state index is 12.5. The van der Waals surface area contributed by atoms with Gasteiger partial charge in [0.05, 0.1) is 10.6 Å². The van der Waals surface area contributed by atoms with Crippen LogP contribution in [0.4, 0.5) is 5.13 Å². The van der Waals surface area contributed by atoms with E-state index in [4.69, 9.17) is 4.98 Å². The van der Waals surface area contributed by atoms with Crippen LogP contribution in [0.15, 0.2) is 73.1 Å². The fraction of sp³-hybridized carbons (Fsp3) is 0.0870. The minimum absolute atomic E-state index is 0.192. The van der Waals surface area contributed by atoms with Crippen molar-refractivity contribution < 1.29 is 4.79 Å². The summed E-state index contributed by atoms with van der Waals surface area (Å²) >= 11 is 1.49. The van der Waals surface area contributed by atoms with Crippen molar-refractivity contribution in [2.45, 2.75) is 13.8 Å². The Morgan fingerprint density at radius 1 is 0.893 bits per heavy atom. The van der Waals surface area contributed by atoms with Crippen LogP contribution < -0.4 is 5.32 Å². The van der Waals surface area contributed by atoms with Gasteiger partial charge in [0.25, 0.3) is 5.91 Å². The van der Waals surface area contributed by atoms with E-state index < -0.39 is 0 Å². The maximum Gasteiger partial charge on any atom is 0.257 e. The fourth-order valence-corrected chi connectivity index (χ4v) is 3.90. The summed E-state index contributed by atoms with van der Waals surface area (Å²) in [7, 11) is 0. The number of nitrogens with one attached hydrogen (secondary N) is 1. The first-order chi connectivity index (χ1) is 13.6. The van der Waals surface area contributed by atoms with Gasteiger partial charge in [0.1, 0.15) is 0 Å². The van der Waals surface area contributed by atoms with Gasteiger partial charge in [-0.1, -0.05) is 59.9 Å². The van der Waals surface area contributed by atoms with Crippen LogP contribution in [0.1, 0.15) is 21.5 Å². The standard InChI is InChI=1S/C23H19N3OS/c1-15-8-9-19(14-16(15)2)21-20(17-6-4-3-5-7-17)25-23(28-21)26-22(27)18-10-12-24-13-11-18/h3-14H,1-2H3,(H,25,26,27). The topological polar surface area (TPSA) is 54.9 Å². The van der Waals surface area contributed by atoms with E-state index in [1.54, 1.807) is 24.5 Å². The fourth-order valence-electron chi connectivity index (χ4n) is 2.92. The minimum atomic E-state index is -0.192. The van der Waals surface area contributed by atoms with Crippen molar-refractivity contribution in [2.75, 3.05) is 5.32 Å². The third kappa shape index (κ3) is 3.70. The molecule has 0 spiro atoms. The molecule has 2 aromatic heterocycles. The molecule has 0 atom stereocenters. The second-order valence-corrected chi connectivity index (χ2v) is 7.55. The Morgan fingerprint density at radius 3 is 2.36 bits per heavy atom. The van der Waals surface area contributed by atoms with Crippen LogP contribution >= 0.6 is 11.3 Å². The van der Waals surface area contributed by atoms with E-state index in [-0.39, 0.29) is 5.91 Å². The lowest BCUT2D eigenvalue weighted by molar-refractivity contribution is 0.102. The number of nitrogens with zero attached hydrogens (tertiary/aromatic N) is 2. The molecule has 0 saturated heterocycles. The van der Waals surface area contributed by atoms with Crippen LogP contribution in [0.5, 0.6) is 0 Å². The number of amides is 1. The molecule has 0 bridgehead atoms. The summed E-state index contributed by atoms with van der Waals surface area (Å²) in [4.78, 5) is 22.3. The number of pyridine rings is 1. The molecular formula is C23H19N3OS. The van der Waals surface area contributed by atoms with E-state index in [0.29, 0.717) is 10.7 Å². The van der Waals surface area contributed by atoms with Gasteiger partial charge >= 0.3 is 0 Å². The van der Waals surface area contributed by atoms with Gasteiger partial charge in [-0.05, 0) is 42.7 Å². The van der Waals surface area contributed by atoms with Crippen LogP contribution in [0.2, 0.25) is 0 Å². The van der Waals surface area contributed by atoms with Gasteiger partial charge in [-0.15, -0.1) is 0 Å². The number of anilines is 1. The van der Waals surface area contributed by atoms with Crippen LogP contribution in [0.3, 0.4) is 0 Å². The van der Waals surface area contributed by atoms with Gasteiger partial charge in [-0.3, -0.25) is 15.1 Å².